The largest absolute Gasteiger partial charge is 0.646 e. The summed E-state index contributed by atoms with van der Waals surface area (Å²) in [6.45, 7) is 6.07. The van der Waals surface area contributed by atoms with Crippen LogP contribution in [0.15, 0.2) is 0 Å². The van der Waals surface area contributed by atoms with Crippen LogP contribution in [0.4, 0.5) is 9.59 Å². The van der Waals surface area contributed by atoms with E-state index in [-0.39, 0.29) is 38.6 Å². The van der Waals surface area contributed by atoms with Gasteiger partial charge in [-0.05, 0) is 13.8 Å². The molecule has 0 aromatic rings. The van der Waals surface area contributed by atoms with Crippen LogP contribution in [0, 0.1) is 0 Å². The van der Waals surface area contributed by atoms with Crippen molar-refractivity contribution in [3.63, 3.8) is 0 Å². The first-order chi connectivity index (χ1) is 8.15. The maximum absolute atomic E-state index is 11.0. The van der Waals surface area contributed by atoms with E-state index in [2.05, 4.69) is 42.5 Å². The molecule has 0 spiro atoms. The fourth-order valence-electron chi connectivity index (χ4n) is 0.950. The molecule has 1 N–H and O–H groups in total. The van der Waals surface area contributed by atoms with Crippen molar-refractivity contribution < 1.29 is 56.9 Å². The molecular formula is C9H14BI2NO5Y-. The Morgan fingerprint density at radius 1 is 1.32 bits per heavy atom. The number of rotatable bonds is 5. The van der Waals surface area contributed by atoms with Gasteiger partial charge in [-0.2, -0.15) is 0 Å². The summed E-state index contributed by atoms with van der Waals surface area (Å²) in [4.78, 5) is 32.0. The Hall–Kier alpha value is 1.04. The van der Waals surface area contributed by atoms with Crippen molar-refractivity contribution in [2.75, 3.05) is 0 Å². The average Bonchev–Trinajstić information content (AvgIpc) is 2.17. The first-order valence-corrected chi connectivity index (χ1v) is 11.1. The Labute approximate surface area is 162 Å². The van der Waals surface area contributed by atoms with Gasteiger partial charge in [-0.15, -0.1) is 0 Å². The molecule has 1 unspecified atom stereocenters. The van der Waals surface area contributed by atoms with Crippen molar-refractivity contribution in [3.8, 4) is 0 Å². The molecule has 0 aromatic heterocycles. The van der Waals surface area contributed by atoms with Crippen molar-refractivity contribution in [2.45, 2.75) is 39.3 Å². The van der Waals surface area contributed by atoms with Crippen LogP contribution in [-0.2, 0) is 42.2 Å². The molecule has 6 nitrogen and oxygen atoms in total. The SMILES string of the molecule is CC(=O)[N-]C(C)(C)C(C)OC(=O)[B]C(=O)O.II.[Y]. The molecule has 0 heterocycles. The summed E-state index contributed by atoms with van der Waals surface area (Å²) in [5, 5.41) is 12.1. The molecule has 0 aliphatic carbocycles. The number of amides is 1. The number of carboxylic acid groups (broad SMARTS) is 1. The van der Waals surface area contributed by atoms with Gasteiger partial charge in [-0.25, -0.2) is 0 Å². The molecule has 1 atom stereocenters. The molecule has 0 aliphatic rings. The minimum Gasteiger partial charge on any atom is -0.646 e. The zero-order valence-electron chi connectivity index (χ0n) is 11.0. The topological polar surface area (TPSA) is 94.8 Å². The van der Waals surface area contributed by atoms with E-state index in [0.717, 1.165) is 0 Å². The zero-order chi connectivity index (χ0) is 14.9. The molecular weight excluding hydrogens is 556 g/mol. The number of carbonyl (C=O) groups is 3. The number of halogens is 2. The smallest absolute Gasteiger partial charge is 0.405 e. The van der Waals surface area contributed by atoms with Crippen LogP contribution in [-0.4, -0.2) is 41.7 Å². The third kappa shape index (κ3) is 13.8. The summed E-state index contributed by atoms with van der Waals surface area (Å²) >= 11 is 4.24. The van der Waals surface area contributed by atoms with E-state index in [1.807, 2.05) is 0 Å². The summed E-state index contributed by atoms with van der Waals surface area (Å²) in [7, 11) is 0.417. The second kappa shape index (κ2) is 12.8. The summed E-state index contributed by atoms with van der Waals surface area (Å²) in [5.74, 6) is -2.72. The Morgan fingerprint density at radius 3 is 2.05 bits per heavy atom. The zero-order valence-corrected chi connectivity index (χ0v) is 18.2. The first kappa shape index (κ1) is 25.0. The quantitative estimate of drug-likeness (QED) is 0.405. The molecule has 106 valence electrons. The average molecular weight is 570 g/mol. The van der Waals surface area contributed by atoms with Crippen LogP contribution in [0.3, 0.4) is 0 Å². The van der Waals surface area contributed by atoms with Crippen molar-refractivity contribution in [3.05, 3.63) is 5.32 Å². The second-order valence-electron chi connectivity index (χ2n) is 3.85. The summed E-state index contributed by atoms with van der Waals surface area (Å²) < 4.78 is 4.81. The Bertz CT molecular complexity index is 317. The van der Waals surface area contributed by atoms with Crippen LogP contribution in [0.5, 0.6) is 0 Å². The normalized spacial score (nSPS) is 10.8. The van der Waals surface area contributed by atoms with Crippen LogP contribution >= 0.6 is 37.2 Å². The van der Waals surface area contributed by atoms with Gasteiger partial charge in [-0.1, -0.05) is 19.4 Å². The molecule has 1 amide bonds. The van der Waals surface area contributed by atoms with Gasteiger partial charge in [0.2, 0.25) is 0 Å². The molecule has 0 fully saturated rings. The summed E-state index contributed by atoms with van der Waals surface area (Å²) in [5.41, 5.74) is -0.881. The predicted molar refractivity (Wildman–Crippen MR) is 85.9 cm³/mol. The standard InChI is InChI=1S/C9H15BNO5.I2.Y/c1-5(9(3,4)11-6(2)12)16-8(15)10-7(13)14;1-2;/h5H,1-4H3,(H2,11,12,13,14);;/p-1. The van der Waals surface area contributed by atoms with Gasteiger partial charge in [0.15, 0.2) is 0 Å². The third-order valence-electron chi connectivity index (χ3n) is 1.97. The Morgan fingerprint density at radius 2 is 1.74 bits per heavy atom. The van der Waals surface area contributed by atoms with E-state index in [9.17, 15) is 14.4 Å². The van der Waals surface area contributed by atoms with Gasteiger partial charge in [0.05, 0.1) is 6.10 Å². The monoisotopic (exact) mass is 570 g/mol. The van der Waals surface area contributed by atoms with Crippen molar-refractivity contribution >= 4 is 62.2 Å². The molecule has 0 rings (SSSR count). The molecule has 0 aromatic carbocycles. The van der Waals surface area contributed by atoms with E-state index < -0.39 is 23.4 Å². The number of carbonyl (C=O) groups excluding carboxylic acids is 2. The van der Waals surface area contributed by atoms with Crippen LogP contribution < -0.4 is 0 Å². The van der Waals surface area contributed by atoms with E-state index >= 15 is 0 Å². The predicted octanol–water partition coefficient (Wildman–Crippen LogP) is 3.36. The van der Waals surface area contributed by atoms with Gasteiger partial charge >= 0.3 is 7.28 Å². The molecule has 0 bridgehead atoms. The third-order valence-corrected chi connectivity index (χ3v) is 1.97. The number of ether oxygens (including phenoxy) is 1. The van der Waals surface area contributed by atoms with Gasteiger partial charge in [0.1, 0.15) is 0 Å². The van der Waals surface area contributed by atoms with Gasteiger partial charge in [0.25, 0.3) is 11.7 Å². The molecule has 0 aliphatic heterocycles. The fourth-order valence-corrected chi connectivity index (χ4v) is 0.950. The van der Waals surface area contributed by atoms with E-state index in [1.54, 1.807) is 20.8 Å². The molecule has 0 saturated heterocycles. The number of hydrogen-bond acceptors (Lipinski definition) is 4. The van der Waals surface area contributed by atoms with Crippen LogP contribution in [0.25, 0.3) is 5.32 Å². The van der Waals surface area contributed by atoms with Crippen molar-refractivity contribution in [1.82, 2.24) is 0 Å². The first-order valence-electron chi connectivity index (χ1n) is 4.81. The van der Waals surface area contributed by atoms with Crippen molar-refractivity contribution in [1.29, 1.82) is 0 Å². The molecule has 19 heavy (non-hydrogen) atoms. The van der Waals surface area contributed by atoms with Gasteiger partial charge < -0.3 is 20.0 Å². The van der Waals surface area contributed by atoms with E-state index in [1.165, 1.54) is 6.92 Å². The fraction of sp³-hybridized carbons (Fsp3) is 0.667. The van der Waals surface area contributed by atoms with Crippen LogP contribution in [0.2, 0.25) is 0 Å². The Kier molecular flexibility index (Phi) is 16.8. The van der Waals surface area contributed by atoms with Gasteiger partial charge in [0, 0.05) is 75.8 Å². The molecule has 2 radical (unpaired) electrons. The van der Waals surface area contributed by atoms with Crippen molar-refractivity contribution in [2.24, 2.45) is 0 Å². The van der Waals surface area contributed by atoms with E-state index in [0.29, 0.717) is 7.28 Å². The summed E-state index contributed by atoms with van der Waals surface area (Å²) in [6.07, 6.45) is -0.695. The maximum Gasteiger partial charge on any atom is 0.405 e. The second-order valence-corrected chi connectivity index (χ2v) is 3.85. The summed E-state index contributed by atoms with van der Waals surface area (Å²) in [6, 6.07) is 0. The number of hydrogen-bond donors (Lipinski definition) is 1. The number of nitrogens with zero attached hydrogens (tertiary/aromatic N) is 1. The maximum atomic E-state index is 11.0. The van der Waals surface area contributed by atoms with Crippen LogP contribution in [0.1, 0.15) is 27.7 Å². The molecule has 10 heteroatoms. The Balaban J connectivity index is -0.000000809. The minimum absolute atomic E-state index is 0. The molecule has 0 saturated carbocycles. The minimum atomic E-state index is -1.38. The van der Waals surface area contributed by atoms with E-state index in [4.69, 9.17) is 9.84 Å². The van der Waals surface area contributed by atoms with Gasteiger partial charge in [-0.3, -0.25) is 9.59 Å².